The molecular weight excluding hydrogens is 497 g/mol. The van der Waals surface area contributed by atoms with Crippen molar-refractivity contribution in [2.75, 3.05) is 0 Å². The van der Waals surface area contributed by atoms with Crippen LogP contribution in [0.2, 0.25) is 15.1 Å². The molecule has 6 nitrogen and oxygen atoms in total. The third-order valence-corrected chi connectivity index (χ3v) is 6.58. The first-order chi connectivity index (χ1) is 15.2. The maximum atomic E-state index is 12.8. The zero-order chi connectivity index (χ0) is 23.0. The van der Waals surface area contributed by atoms with Gasteiger partial charge in [-0.15, -0.1) is 0 Å². The van der Waals surface area contributed by atoms with Crippen molar-refractivity contribution in [2.45, 2.75) is 6.54 Å². The van der Waals surface area contributed by atoms with Gasteiger partial charge >= 0.3 is 5.97 Å². The van der Waals surface area contributed by atoms with Crippen LogP contribution in [-0.4, -0.2) is 27.1 Å². The second-order valence-electron chi connectivity index (χ2n) is 6.67. The number of nitrogens with zero attached hydrogens (tertiary/aromatic N) is 1. The smallest absolute Gasteiger partial charge is 0.337 e. The molecule has 1 fully saturated rings. The first-order valence-electron chi connectivity index (χ1n) is 9.06. The Morgan fingerprint density at radius 1 is 1.03 bits per heavy atom. The van der Waals surface area contributed by atoms with Gasteiger partial charge in [-0.25, -0.2) is 4.79 Å². The number of imide groups is 1. The molecule has 0 unspecified atom stereocenters. The number of aromatic carboxylic acids is 1. The van der Waals surface area contributed by atoms with Gasteiger partial charge in [0.2, 0.25) is 0 Å². The molecule has 0 atom stereocenters. The summed E-state index contributed by atoms with van der Waals surface area (Å²) in [7, 11) is 0. The molecule has 2 heterocycles. The molecule has 0 bridgehead atoms. The van der Waals surface area contributed by atoms with Crippen LogP contribution in [0.5, 0.6) is 0 Å². The molecule has 1 aromatic heterocycles. The monoisotopic (exact) mass is 507 g/mol. The maximum absolute atomic E-state index is 12.8. The van der Waals surface area contributed by atoms with Crippen LogP contribution in [0, 0.1) is 0 Å². The minimum Gasteiger partial charge on any atom is -0.478 e. The molecule has 0 spiro atoms. The summed E-state index contributed by atoms with van der Waals surface area (Å²) in [5.74, 6) is -0.935. The number of halogens is 3. The van der Waals surface area contributed by atoms with Gasteiger partial charge in [-0.05, 0) is 54.2 Å². The fourth-order valence-corrected chi connectivity index (χ4v) is 4.57. The van der Waals surface area contributed by atoms with E-state index in [1.165, 1.54) is 18.2 Å². The maximum Gasteiger partial charge on any atom is 0.337 e. The van der Waals surface area contributed by atoms with Crippen LogP contribution in [0.3, 0.4) is 0 Å². The minimum atomic E-state index is -1.16. The molecule has 162 valence electrons. The van der Waals surface area contributed by atoms with Gasteiger partial charge in [-0.2, -0.15) is 0 Å². The highest BCUT2D eigenvalue weighted by molar-refractivity contribution is 8.18. The molecular formula is C22H12Cl3NO5S. The Balaban J connectivity index is 1.57. The summed E-state index contributed by atoms with van der Waals surface area (Å²) in [4.78, 5) is 37.7. The van der Waals surface area contributed by atoms with E-state index >= 15 is 0 Å². The van der Waals surface area contributed by atoms with Crippen molar-refractivity contribution in [3.8, 4) is 11.3 Å². The van der Waals surface area contributed by atoms with Crippen molar-refractivity contribution in [1.29, 1.82) is 0 Å². The second-order valence-corrected chi connectivity index (χ2v) is 8.88. The Kier molecular flexibility index (Phi) is 6.35. The number of carbonyl (C=O) groups is 3. The van der Waals surface area contributed by atoms with Gasteiger partial charge in [0.05, 0.1) is 22.0 Å². The summed E-state index contributed by atoms with van der Waals surface area (Å²) in [6.07, 6.45) is 1.45. The Morgan fingerprint density at radius 3 is 2.44 bits per heavy atom. The lowest BCUT2D eigenvalue weighted by Crippen LogP contribution is -2.27. The molecule has 0 aliphatic carbocycles. The lowest BCUT2D eigenvalue weighted by atomic mass is 10.1. The lowest BCUT2D eigenvalue weighted by molar-refractivity contribution is -0.123. The highest BCUT2D eigenvalue weighted by Crippen LogP contribution is 2.36. The number of amides is 2. The van der Waals surface area contributed by atoms with Gasteiger partial charge in [0.25, 0.3) is 11.1 Å². The van der Waals surface area contributed by atoms with Gasteiger partial charge < -0.3 is 9.52 Å². The molecule has 1 aliphatic heterocycles. The van der Waals surface area contributed by atoms with Crippen LogP contribution in [0.15, 0.2) is 57.9 Å². The number of carboxylic acid groups (broad SMARTS) is 1. The molecule has 0 radical (unpaired) electrons. The van der Waals surface area contributed by atoms with Crippen LogP contribution in [0.1, 0.15) is 21.7 Å². The standard InChI is InChI=1S/C22H12Cl3NO5S/c23-15-2-1-3-16(24)14(15)10-26-20(27)19(32-22(26)30)9-12-5-7-18(31-12)11-4-6-17(25)13(8-11)21(28)29/h1-9H,10H2,(H,28,29)/b19-9-. The summed E-state index contributed by atoms with van der Waals surface area (Å²) in [5, 5.41) is 9.62. The van der Waals surface area contributed by atoms with E-state index in [0.29, 0.717) is 32.7 Å². The van der Waals surface area contributed by atoms with Gasteiger partial charge in [-0.1, -0.05) is 40.9 Å². The number of carboxylic acids is 1. The van der Waals surface area contributed by atoms with Crippen molar-refractivity contribution < 1.29 is 23.9 Å². The molecule has 32 heavy (non-hydrogen) atoms. The Bertz CT molecular complexity index is 1280. The average Bonchev–Trinajstić information content (AvgIpc) is 3.30. The van der Waals surface area contributed by atoms with Gasteiger partial charge in [0, 0.05) is 27.2 Å². The van der Waals surface area contributed by atoms with Crippen molar-refractivity contribution in [2.24, 2.45) is 0 Å². The number of rotatable bonds is 5. The first kappa shape index (κ1) is 22.5. The molecule has 2 aromatic carbocycles. The Hall–Kier alpha value is -2.71. The van der Waals surface area contributed by atoms with Crippen LogP contribution in [0.25, 0.3) is 17.4 Å². The molecule has 1 saturated heterocycles. The van der Waals surface area contributed by atoms with E-state index in [9.17, 15) is 19.5 Å². The summed E-state index contributed by atoms with van der Waals surface area (Å²) in [6.45, 7) is -0.0490. The van der Waals surface area contributed by atoms with Gasteiger partial charge in [0.1, 0.15) is 11.5 Å². The van der Waals surface area contributed by atoms with Crippen LogP contribution in [-0.2, 0) is 11.3 Å². The van der Waals surface area contributed by atoms with Crippen LogP contribution in [0.4, 0.5) is 4.79 Å². The van der Waals surface area contributed by atoms with E-state index in [2.05, 4.69) is 0 Å². The summed E-state index contributed by atoms with van der Waals surface area (Å²) >= 11 is 19.0. The number of thioether (sulfide) groups is 1. The third-order valence-electron chi connectivity index (χ3n) is 4.63. The SMILES string of the molecule is O=C(O)c1cc(-c2ccc(/C=C3\SC(=O)N(Cc4c(Cl)cccc4Cl)C3=O)o2)ccc1Cl. The van der Waals surface area contributed by atoms with Gasteiger partial charge in [0.15, 0.2) is 0 Å². The number of hydrogen-bond acceptors (Lipinski definition) is 5. The van der Waals surface area contributed by atoms with Crippen molar-refractivity contribution >= 4 is 69.8 Å². The van der Waals surface area contributed by atoms with Crippen LogP contribution < -0.4 is 0 Å². The predicted molar refractivity (Wildman–Crippen MR) is 124 cm³/mol. The topological polar surface area (TPSA) is 87.8 Å². The van der Waals surface area contributed by atoms with Crippen molar-refractivity contribution in [1.82, 2.24) is 4.90 Å². The molecule has 10 heteroatoms. The number of carbonyl (C=O) groups excluding carboxylic acids is 2. The zero-order valence-corrected chi connectivity index (χ0v) is 19.1. The van der Waals surface area contributed by atoms with E-state index in [0.717, 1.165) is 16.7 Å². The molecule has 1 aliphatic rings. The Morgan fingerprint density at radius 2 is 1.75 bits per heavy atom. The highest BCUT2D eigenvalue weighted by Gasteiger charge is 2.36. The number of benzene rings is 2. The lowest BCUT2D eigenvalue weighted by Gasteiger charge is -2.14. The minimum absolute atomic E-state index is 0.0490. The largest absolute Gasteiger partial charge is 0.478 e. The third kappa shape index (κ3) is 4.42. The predicted octanol–water partition coefficient (Wildman–Crippen LogP) is 6.84. The molecule has 0 saturated carbocycles. The van der Waals surface area contributed by atoms with Gasteiger partial charge in [-0.3, -0.25) is 14.5 Å². The summed E-state index contributed by atoms with van der Waals surface area (Å²) < 4.78 is 5.73. The fourth-order valence-electron chi connectivity index (χ4n) is 3.03. The summed E-state index contributed by atoms with van der Waals surface area (Å²) in [6, 6.07) is 12.7. The molecule has 4 rings (SSSR count). The van der Waals surface area contributed by atoms with E-state index in [-0.39, 0.29) is 22.0 Å². The van der Waals surface area contributed by atoms with Crippen molar-refractivity contribution in [3.63, 3.8) is 0 Å². The second kappa shape index (κ2) is 9.03. The summed E-state index contributed by atoms with van der Waals surface area (Å²) in [5.41, 5.74) is 0.936. The molecule has 3 aromatic rings. The number of hydrogen-bond donors (Lipinski definition) is 1. The van der Waals surface area contributed by atoms with E-state index in [1.807, 2.05) is 0 Å². The van der Waals surface area contributed by atoms with E-state index in [4.69, 9.17) is 39.2 Å². The highest BCUT2D eigenvalue weighted by atomic mass is 35.5. The average molecular weight is 509 g/mol. The van der Waals surface area contributed by atoms with Crippen molar-refractivity contribution in [3.05, 3.63) is 85.4 Å². The Labute approximate surface area is 201 Å². The van der Waals surface area contributed by atoms with Crippen LogP contribution >= 0.6 is 46.6 Å². The normalized spacial score (nSPS) is 15.1. The number of furan rings is 1. The zero-order valence-electron chi connectivity index (χ0n) is 16.0. The first-order valence-corrected chi connectivity index (χ1v) is 11.0. The fraction of sp³-hybridized carbons (Fsp3) is 0.0455. The molecule has 1 N–H and O–H groups in total. The van der Waals surface area contributed by atoms with E-state index in [1.54, 1.807) is 36.4 Å². The quantitative estimate of drug-likeness (QED) is 0.380. The van der Waals surface area contributed by atoms with E-state index < -0.39 is 17.1 Å². The molecule has 2 amide bonds.